The second-order valence-corrected chi connectivity index (χ2v) is 8.06. The van der Waals surface area contributed by atoms with E-state index >= 15 is 0 Å². The smallest absolute Gasteiger partial charge is 0.266 e. The number of hydrogen-bond donors (Lipinski definition) is 0. The Kier molecular flexibility index (Phi) is 3.35. The number of rotatable bonds is 2. The zero-order valence-corrected chi connectivity index (χ0v) is 14.2. The van der Waals surface area contributed by atoms with Crippen LogP contribution in [0.3, 0.4) is 0 Å². The number of hydrogen-bond acceptors (Lipinski definition) is 4. The summed E-state index contributed by atoms with van der Waals surface area (Å²) in [7, 11) is -3.65. The third kappa shape index (κ3) is 2.31. The Bertz CT molecular complexity index is 977. The van der Waals surface area contributed by atoms with E-state index in [1.807, 2.05) is 25.1 Å². The summed E-state index contributed by atoms with van der Waals surface area (Å²) in [6, 6.07) is 11.1. The van der Waals surface area contributed by atoms with Gasteiger partial charge in [0, 0.05) is 6.54 Å². The molecule has 0 atom stereocenters. The molecule has 0 aliphatic carbocycles. The van der Waals surface area contributed by atoms with E-state index < -0.39 is 10.0 Å². The zero-order chi connectivity index (χ0) is 16.0. The Hall–Kier alpha value is -1.99. The van der Waals surface area contributed by atoms with Gasteiger partial charge in [-0.1, -0.05) is 18.2 Å². The SMILES string of the molecule is Cc1ccc2c(c1)N(S(=O)(=O)c1cccc3c1N=S=N3)CCC2. The Morgan fingerprint density at radius 2 is 2.04 bits per heavy atom. The number of nitrogens with zero attached hydrogens (tertiary/aromatic N) is 3. The number of fused-ring (bicyclic) bond motifs is 2. The van der Waals surface area contributed by atoms with Crippen LogP contribution in [0.4, 0.5) is 17.1 Å². The highest BCUT2D eigenvalue weighted by Crippen LogP contribution is 2.41. The first-order valence-electron chi connectivity index (χ1n) is 7.41. The van der Waals surface area contributed by atoms with Crippen molar-refractivity contribution in [3.63, 3.8) is 0 Å². The molecule has 2 aromatic carbocycles. The lowest BCUT2D eigenvalue weighted by atomic mass is 10.0. The zero-order valence-electron chi connectivity index (χ0n) is 12.6. The standard InChI is InChI=1S/C16H15N3O2S2/c1-11-7-8-12-4-3-9-19(14(12)10-11)23(20,21)15-6-2-5-13-16(15)18-22-17-13/h2,5-8,10H,3-4,9H2,1H3. The lowest BCUT2D eigenvalue weighted by molar-refractivity contribution is 0.587. The minimum absolute atomic E-state index is 0.234. The number of anilines is 1. The molecule has 0 amide bonds. The highest BCUT2D eigenvalue weighted by atomic mass is 32.2. The van der Waals surface area contributed by atoms with E-state index in [2.05, 4.69) is 8.73 Å². The van der Waals surface area contributed by atoms with E-state index in [-0.39, 0.29) is 4.90 Å². The van der Waals surface area contributed by atoms with Crippen LogP contribution < -0.4 is 4.31 Å². The van der Waals surface area contributed by atoms with Crippen molar-refractivity contribution in [1.82, 2.24) is 0 Å². The van der Waals surface area contributed by atoms with Crippen molar-refractivity contribution in [2.45, 2.75) is 24.7 Å². The van der Waals surface area contributed by atoms with Gasteiger partial charge in [-0.3, -0.25) is 4.31 Å². The Morgan fingerprint density at radius 1 is 1.17 bits per heavy atom. The normalized spacial score (nSPS) is 16.0. The van der Waals surface area contributed by atoms with E-state index in [0.29, 0.717) is 17.9 Å². The molecule has 0 fully saturated rings. The van der Waals surface area contributed by atoms with Crippen molar-refractivity contribution < 1.29 is 8.42 Å². The molecule has 0 bridgehead atoms. The molecule has 5 nitrogen and oxygen atoms in total. The van der Waals surface area contributed by atoms with E-state index in [1.54, 1.807) is 18.2 Å². The topological polar surface area (TPSA) is 62.1 Å². The lowest BCUT2D eigenvalue weighted by Crippen LogP contribution is -2.35. The number of sulfonamides is 1. The van der Waals surface area contributed by atoms with Crippen molar-refractivity contribution in [2.75, 3.05) is 10.8 Å². The average molecular weight is 345 g/mol. The van der Waals surface area contributed by atoms with E-state index in [4.69, 9.17) is 0 Å². The van der Waals surface area contributed by atoms with E-state index in [9.17, 15) is 8.42 Å². The third-order valence-corrected chi connectivity index (χ3v) is 6.52. The van der Waals surface area contributed by atoms with Gasteiger partial charge in [0.25, 0.3) is 10.0 Å². The molecule has 2 aromatic rings. The molecule has 2 aliphatic rings. The second kappa shape index (κ2) is 5.28. The largest absolute Gasteiger partial charge is 0.266 e. The summed E-state index contributed by atoms with van der Waals surface area (Å²) in [5.41, 5.74) is 4.00. The fraction of sp³-hybridized carbons (Fsp3) is 0.250. The summed E-state index contributed by atoms with van der Waals surface area (Å²) >= 11 is 1.03. The van der Waals surface area contributed by atoms with Gasteiger partial charge in [0.05, 0.1) is 17.0 Å². The minimum atomic E-state index is -3.65. The lowest BCUT2D eigenvalue weighted by Gasteiger charge is -2.31. The molecule has 7 heteroatoms. The van der Waals surface area contributed by atoms with Gasteiger partial charge in [-0.05, 0) is 49.1 Å². The number of benzene rings is 2. The second-order valence-electron chi connectivity index (χ2n) is 5.70. The summed E-state index contributed by atoms with van der Waals surface area (Å²) in [5.74, 6) is 0. The van der Waals surface area contributed by atoms with Crippen LogP contribution in [-0.2, 0) is 27.8 Å². The Morgan fingerprint density at radius 3 is 2.91 bits per heavy atom. The van der Waals surface area contributed by atoms with Gasteiger partial charge < -0.3 is 0 Å². The highest BCUT2D eigenvalue weighted by Gasteiger charge is 2.32. The van der Waals surface area contributed by atoms with Crippen LogP contribution in [0.5, 0.6) is 0 Å². The number of aryl methyl sites for hydroxylation is 2. The summed E-state index contributed by atoms with van der Waals surface area (Å²) in [5, 5.41) is 0. The van der Waals surface area contributed by atoms with Gasteiger partial charge in [0.2, 0.25) is 0 Å². The predicted molar refractivity (Wildman–Crippen MR) is 92.0 cm³/mol. The van der Waals surface area contributed by atoms with Crippen LogP contribution >= 0.6 is 0 Å². The van der Waals surface area contributed by atoms with Crippen molar-refractivity contribution in [3.8, 4) is 0 Å². The molecule has 2 aliphatic heterocycles. The first kappa shape index (κ1) is 14.6. The van der Waals surface area contributed by atoms with Gasteiger partial charge in [0.15, 0.2) is 0 Å². The Balaban J connectivity index is 1.88. The van der Waals surface area contributed by atoms with Gasteiger partial charge in [0.1, 0.15) is 16.3 Å². The van der Waals surface area contributed by atoms with Gasteiger partial charge in [-0.2, -0.15) is 8.73 Å². The molecule has 118 valence electrons. The summed E-state index contributed by atoms with van der Waals surface area (Å²) in [4.78, 5) is 0.234. The molecular formula is C16H15N3O2S2. The maximum absolute atomic E-state index is 13.2. The van der Waals surface area contributed by atoms with Crippen molar-refractivity contribution in [1.29, 1.82) is 0 Å². The maximum atomic E-state index is 13.2. The summed E-state index contributed by atoms with van der Waals surface area (Å²) < 4.78 is 36.3. The maximum Gasteiger partial charge on any atom is 0.266 e. The molecule has 0 saturated heterocycles. The summed E-state index contributed by atoms with van der Waals surface area (Å²) in [6.45, 7) is 2.47. The van der Waals surface area contributed by atoms with Crippen LogP contribution in [0.25, 0.3) is 0 Å². The molecule has 0 radical (unpaired) electrons. The fourth-order valence-corrected chi connectivity index (χ4v) is 5.30. The molecule has 0 aromatic heterocycles. The molecule has 4 rings (SSSR count). The molecule has 0 unspecified atom stereocenters. The van der Waals surface area contributed by atoms with Crippen LogP contribution in [0.2, 0.25) is 0 Å². The molecule has 0 spiro atoms. The first-order valence-corrected chi connectivity index (χ1v) is 9.58. The quantitative estimate of drug-likeness (QED) is 0.708. The molecule has 0 saturated carbocycles. The van der Waals surface area contributed by atoms with Crippen LogP contribution in [0, 0.1) is 6.92 Å². The predicted octanol–water partition coefficient (Wildman–Crippen LogP) is 3.86. The van der Waals surface area contributed by atoms with E-state index in [1.165, 1.54) is 4.31 Å². The van der Waals surface area contributed by atoms with Gasteiger partial charge in [-0.15, -0.1) is 0 Å². The average Bonchev–Trinajstić information content (AvgIpc) is 3.02. The van der Waals surface area contributed by atoms with Crippen molar-refractivity contribution >= 4 is 38.4 Å². The van der Waals surface area contributed by atoms with Gasteiger partial charge >= 0.3 is 0 Å². The molecule has 0 N–H and O–H groups in total. The monoisotopic (exact) mass is 345 g/mol. The molecule has 2 heterocycles. The van der Waals surface area contributed by atoms with Gasteiger partial charge in [-0.25, -0.2) is 8.42 Å². The van der Waals surface area contributed by atoms with Crippen LogP contribution in [0.15, 0.2) is 50.0 Å². The minimum Gasteiger partial charge on any atom is -0.266 e. The molecule has 23 heavy (non-hydrogen) atoms. The van der Waals surface area contributed by atoms with Crippen LogP contribution in [-0.4, -0.2) is 15.0 Å². The van der Waals surface area contributed by atoms with Crippen molar-refractivity contribution in [3.05, 3.63) is 47.5 Å². The highest BCUT2D eigenvalue weighted by molar-refractivity contribution is 7.93. The Labute approximate surface area is 138 Å². The first-order chi connectivity index (χ1) is 11.1. The fourth-order valence-electron chi connectivity index (χ4n) is 3.01. The summed E-state index contributed by atoms with van der Waals surface area (Å²) in [6.07, 6.45) is 1.73. The van der Waals surface area contributed by atoms with E-state index in [0.717, 1.165) is 41.0 Å². The molecular weight excluding hydrogens is 330 g/mol. The van der Waals surface area contributed by atoms with Crippen LogP contribution in [0.1, 0.15) is 17.5 Å². The van der Waals surface area contributed by atoms with Crippen molar-refractivity contribution in [2.24, 2.45) is 8.73 Å². The third-order valence-electron chi connectivity index (χ3n) is 4.13.